The second-order valence-electron chi connectivity index (χ2n) is 6.81. The van der Waals surface area contributed by atoms with Crippen molar-refractivity contribution in [3.05, 3.63) is 35.1 Å². The number of aryl methyl sites for hydroxylation is 1. The van der Waals surface area contributed by atoms with Crippen molar-refractivity contribution in [2.75, 3.05) is 13.1 Å². The van der Waals surface area contributed by atoms with Crippen LogP contribution in [0.15, 0.2) is 18.2 Å². The van der Waals surface area contributed by atoms with Crippen molar-refractivity contribution in [3.8, 4) is 0 Å². The first kappa shape index (κ1) is 17.8. The zero-order valence-corrected chi connectivity index (χ0v) is 14.3. The van der Waals surface area contributed by atoms with Crippen molar-refractivity contribution < 1.29 is 9.18 Å². The molecule has 0 aliphatic heterocycles. The fraction of sp³-hybridized carbons (Fsp3) is 0.632. The predicted octanol–water partition coefficient (Wildman–Crippen LogP) is 4.19. The van der Waals surface area contributed by atoms with Gasteiger partial charge in [-0.15, -0.1) is 0 Å². The van der Waals surface area contributed by atoms with Crippen molar-refractivity contribution in [1.82, 2.24) is 10.6 Å². The van der Waals surface area contributed by atoms with E-state index in [2.05, 4.69) is 17.6 Å². The summed E-state index contributed by atoms with van der Waals surface area (Å²) in [5, 5.41) is 5.83. The Morgan fingerprint density at radius 2 is 1.96 bits per heavy atom. The van der Waals surface area contributed by atoms with Gasteiger partial charge < -0.3 is 10.6 Å². The van der Waals surface area contributed by atoms with E-state index in [0.717, 1.165) is 42.3 Å². The Bertz CT molecular complexity index is 518. The third kappa shape index (κ3) is 5.85. The molecule has 2 atom stereocenters. The molecule has 4 heteroatoms. The van der Waals surface area contributed by atoms with E-state index in [0.29, 0.717) is 6.54 Å². The van der Waals surface area contributed by atoms with Crippen LogP contribution in [0.2, 0.25) is 0 Å². The maximum Gasteiger partial charge on any atom is 0.314 e. The second-order valence-corrected chi connectivity index (χ2v) is 6.81. The van der Waals surface area contributed by atoms with Crippen molar-refractivity contribution in [2.45, 2.75) is 52.4 Å². The molecule has 0 spiro atoms. The van der Waals surface area contributed by atoms with Crippen LogP contribution in [0.4, 0.5) is 9.18 Å². The molecule has 0 aromatic heterocycles. The predicted molar refractivity (Wildman–Crippen MR) is 92.0 cm³/mol. The number of rotatable bonds is 6. The molecule has 0 heterocycles. The Kier molecular flexibility index (Phi) is 6.87. The van der Waals surface area contributed by atoms with Crippen LogP contribution < -0.4 is 10.6 Å². The summed E-state index contributed by atoms with van der Waals surface area (Å²) in [7, 11) is 0. The van der Waals surface area contributed by atoms with Crippen LogP contribution in [0, 0.1) is 24.6 Å². The second kappa shape index (κ2) is 8.90. The summed E-state index contributed by atoms with van der Waals surface area (Å²) in [6.45, 7) is 5.54. The van der Waals surface area contributed by atoms with Gasteiger partial charge in [0, 0.05) is 13.1 Å². The van der Waals surface area contributed by atoms with Gasteiger partial charge in [0.2, 0.25) is 0 Å². The molecule has 1 saturated carbocycles. The largest absolute Gasteiger partial charge is 0.338 e. The molecule has 128 valence electrons. The third-order valence-electron chi connectivity index (χ3n) is 5.07. The van der Waals surface area contributed by atoms with Crippen molar-refractivity contribution in [2.24, 2.45) is 11.8 Å². The number of halogens is 1. The van der Waals surface area contributed by atoms with Gasteiger partial charge in [-0.1, -0.05) is 38.7 Å². The van der Waals surface area contributed by atoms with Crippen molar-refractivity contribution >= 4 is 6.03 Å². The summed E-state index contributed by atoms with van der Waals surface area (Å²) in [5.74, 6) is 1.33. The molecule has 0 saturated heterocycles. The van der Waals surface area contributed by atoms with Gasteiger partial charge in [-0.3, -0.25) is 0 Å². The number of amides is 2. The van der Waals surface area contributed by atoms with E-state index in [1.165, 1.54) is 37.8 Å². The minimum atomic E-state index is -0.214. The highest BCUT2D eigenvalue weighted by Gasteiger charge is 2.20. The quantitative estimate of drug-likeness (QED) is 0.810. The van der Waals surface area contributed by atoms with Crippen LogP contribution in [-0.4, -0.2) is 19.1 Å². The lowest BCUT2D eigenvalue weighted by atomic mass is 9.79. The molecule has 0 radical (unpaired) electrons. The van der Waals surface area contributed by atoms with E-state index in [4.69, 9.17) is 0 Å². The van der Waals surface area contributed by atoms with Crippen LogP contribution in [0.25, 0.3) is 0 Å². The number of hydrogen-bond acceptors (Lipinski definition) is 1. The van der Waals surface area contributed by atoms with Gasteiger partial charge in [0.1, 0.15) is 5.82 Å². The normalized spacial score (nSPS) is 21.0. The monoisotopic (exact) mass is 320 g/mol. The molecule has 1 aromatic carbocycles. The molecule has 2 N–H and O–H groups in total. The summed E-state index contributed by atoms with van der Waals surface area (Å²) in [4.78, 5) is 11.8. The highest BCUT2D eigenvalue weighted by molar-refractivity contribution is 5.73. The molecule has 2 rings (SSSR count). The molecule has 0 bridgehead atoms. The van der Waals surface area contributed by atoms with E-state index < -0.39 is 0 Å². The summed E-state index contributed by atoms with van der Waals surface area (Å²) >= 11 is 0. The smallest absolute Gasteiger partial charge is 0.314 e. The molecule has 23 heavy (non-hydrogen) atoms. The first-order chi connectivity index (χ1) is 11.1. The zero-order valence-electron chi connectivity index (χ0n) is 14.3. The standard InChI is InChI=1S/C19H29FN2O/c1-14-5-3-4-6-16(14)9-11-21-19(23)22-12-10-17-7-8-18(20)13-15(17)2/h7-8,13-14,16H,3-6,9-12H2,1-2H3,(H2,21,22,23). The van der Waals surface area contributed by atoms with E-state index in [-0.39, 0.29) is 11.8 Å². The summed E-state index contributed by atoms with van der Waals surface area (Å²) in [6, 6.07) is 4.68. The minimum Gasteiger partial charge on any atom is -0.338 e. The van der Waals surface area contributed by atoms with E-state index in [9.17, 15) is 9.18 Å². The first-order valence-electron chi connectivity index (χ1n) is 8.83. The molecular formula is C19H29FN2O. The van der Waals surface area contributed by atoms with Gasteiger partial charge in [0.05, 0.1) is 0 Å². The number of carbonyl (C=O) groups excluding carboxylic acids is 1. The Hall–Kier alpha value is -1.58. The third-order valence-corrected chi connectivity index (χ3v) is 5.07. The van der Waals surface area contributed by atoms with E-state index in [1.54, 1.807) is 6.07 Å². The Balaban J connectivity index is 1.61. The number of hydrogen-bond donors (Lipinski definition) is 2. The fourth-order valence-electron chi connectivity index (χ4n) is 3.51. The SMILES string of the molecule is Cc1cc(F)ccc1CCNC(=O)NCCC1CCCCC1C. The number of benzene rings is 1. The minimum absolute atomic E-state index is 0.103. The van der Waals surface area contributed by atoms with Crippen molar-refractivity contribution in [3.63, 3.8) is 0 Å². The van der Waals surface area contributed by atoms with Crippen LogP contribution in [0.5, 0.6) is 0 Å². The van der Waals surface area contributed by atoms with Crippen LogP contribution >= 0.6 is 0 Å². The maximum atomic E-state index is 13.0. The van der Waals surface area contributed by atoms with E-state index in [1.807, 2.05) is 6.92 Å². The average Bonchev–Trinajstić information content (AvgIpc) is 2.51. The molecule has 1 aliphatic rings. The molecule has 3 nitrogen and oxygen atoms in total. The zero-order chi connectivity index (χ0) is 16.7. The topological polar surface area (TPSA) is 41.1 Å². The Morgan fingerprint density at radius 3 is 2.70 bits per heavy atom. The lowest BCUT2D eigenvalue weighted by molar-refractivity contribution is 0.228. The number of carbonyl (C=O) groups is 1. The van der Waals surface area contributed by atoms with Gasteiger partial charge in [-0.2, -0.15) is 0 Å². The summed E-state index contributed by atoms with van der Waals surface area (Å²) in [5.41, 5.74) is 2.00. The highest BCUT2D eigenvalue weighted by atomic mass is 19.1. The summed E-state index contributed by atoms with van der Waals surface area (Å²) in [6.07, 6.45) is 7.11. The molecule has 2 unspecified atom stereocenters. The lowest BCUT2D eigenvalue weighted by Gasteiger charge is -2.28. The molecule has 1 aliphatic carbocycles. The number of nitrogens with one attached hydrogen (secondary N) is 2. The maximum absolute atomic E-state index is 13.0. The first-order valence-corrected chi connectivity index (χ1v) is 8.83. The number of urea groups is 1. The Labute approximate surface area is 139 Å². The Morgan fingerprint density at radius 1 is 1.22 bits per heavy atom. The average molecular weight is 320 g/mol. The van der Waals surface area contributed by atoms with Gasteiger partial charge in [-0.05, 0) is 54.9 Å². The van der Waals surface area contributed by atoms with Gasteiger partial charge in [0.15, 0.2) is 0 Å². The molecule has 1 aromatic rings. The van der Waals surface area contributed by atoms with Gasteiger partial charge in [0.25, 0.3) is 0 Å². The fourth-order valence-corrected chi connectivity index (χ4v) is 3.51. The van der Waals surface area contributed by atoms with Crippen LogP contribution in [0.1, 0.15) is 50.2 Å². The van der Waals surface area contributed by atoms with Gasteiger partial charge >= 0.3 is 6.03 Å². The van der Waals surface area contributed by atoms with E-state index >= 15 is 0 Å². The van der Waals surface area contributed by atoms with Crippen molar-refractivity contribution in [1.29, 1.82) is 0 Å². The van der Waals surface area contributed by atoms with Gasteiger partial charge in [-0.25, -0.2) is 9.18 Å². The molecular weight excluding hydrogens is 291 g/mol. The molecule has 1 fully saturated rings. The molecule has 2 amide bonds. The van der Waals surface area contributed by atoms with Crippen LogP contribution in [-0.2, 0) is 6.42 Å². The highest BCUT2D eigenvalue weighted by Crippen LogP contribution is 2.31. The summed E-state index contributed by atoms with van der Waals surface area (Å²) < 4.78 is 13.0. The van der Waals surface area contributed by atoms with Crippen LogP contribution in [0.3, 0.4) is 0 Å². The lowest BCUT2D eigenvalue weighted by Crippen LogP contribution is -2.38.